The van der Waals surface area contributed by atoms with Gasteiger partial charge in [-0.3, -0.25) is 4.79 Å². The first-order valence-corrected chi connectivity index (χ1v) is 5.76. The largest absolute Gasteiger partial charge is 0.481 e. The fourth-order valence-corrected chi connectivity index (χ4v) is 2.55. The standard InChI is InChI=1S/C12H14ClNO2/c13-10-4-2-1-3-9(10)12-8(5-6-14-12)7-11(15)16/h1-4,8,12,14H,5-7H2,(H,15,16)/t8-,12+/m1/s1. The van der Waals surface area contributed by atoms with Gasteiger partial charge in [-0.1, -0.05) is 29.8 Å². The summed E-state index contributed by atoms with van der Waals surface area (Å²) in [6.07, 6.45) is 1.09. The van der Waals surface area contributed by atoms with Gasteiger partial charge in [0.2, 0.25) is 0 Å². The van der Waals surface area contributed by atoms with Crippen LogP contribution in [0, 0.1) is 5.92 Å². The quantitative estimate of drug-likeness (QED) is 0.852. The third kappa shape index (κ3) is 2.36. The zero-order chi connectivity index (χ0) is 11.5. The lowest BCUT2D eigenvalue weighted by atomic mass is 9.91. The summed E-state index contributed by atoms with van der Waals surface area (Å²) < 4.78 is 0. The lowest BCUT2D eigenvalue weighted by Crippen LogP contribution is -2.20. The number of hydrogen-bond donors (Lipinski definition) is 2. The van der Waals surface area contributed by atoms with Crippen molar-refractivity contribution < 1.29 is 9.90 Å². The van der Waals surface area contributed by atoms with Gasteiger partial charge in [-0.15, -0.1) is 0 Å². The molecule has 1 aliphatic rings. The molecule has 3 nitrogen and oxygen atoms in total. The van der Waals surface area contributed by atoms with Crippen molar-refractivity contribution in [3.8, 4) is 0 Å². The van der Waals surface area contributed by atoms with E-state index in [-0.39, 0.29) is 18.4 Å². The van der Waals surface area contributed by atoms with Gasteiger partial charge in [-0.05, 0) is 30.5 Å². The highest BCUT2D eigenvalue weighted by Crippen LogP contribution is 2.35. The number of benzene rings is 1. The molecule has 2 rings (SSSR count). The van der Waals surface area contributed by atoms with Crippen molar-refractivity contribution in [3.05, 3.63) is 34.9 Å². The van der Waals surface area contributed by atoms with E-state index in [2.05, 4.69) is 5.32 Å². The van der Waals surface area contributed by atoms with Crippen LogP contribution in [0.5, 0.6) is 0 Å². The molecule has 0 aromatic heterocycles. The Morgan fingerprint density at radius 1 is 1.50 bits per heavy atom. The summed E-state index contributed by atoms with van der Waals surface area (Å²) in [5.41, 5.74) is 1.01. The van der Waals surface area contributed by atoms with E-state index >= 15 is 0 Å². The fourth-order valence-electron chi connectivity index (χ4n) is 2.29. The Balaban J connectivity index is 2.20. The van der Waals surface area contributed by atoms with Gasteiger partial charge < -0.3 is 10.4 Å². The van der Waals surface area contributed by atoms with Crippen LogP contribution in [0.1, 0.15) is 24.4 Å². The lowest BCUT2D eigenvalue weighted by molar-refractivity contribution is -0.138. The zero-order valence-electron chi connectivity index (χ0n) is 8.82. The Labute approximate surface area is 99.4 Å². The molecule has 86 valence electrons. The molecule has 0 saturated carbocycles. The molecule has 1 fully saturated rings. The van der Waals surface area contributed by atoms with E-state index in [0.717, 1.165) is 18.5 Å². The van der Waals surface area contributed by atoms with Crippen molar-refractivity contribution in [2.24, 2.45) is 5.92 Å². The van der Waals surface area contributed by atoms with Gasteiger partial charge in [0.25, 0.3) is 0 Å². The van der Waals surface area contributed by atoms with E-state index in [4.69, 9.17) is 16.7 Å². The van der Waals surface area contributed by atoms with Crippen molar-refractivity contribution in [2.45, 2.75) is 18.9 Å². The maximum absolute atomic E-state index is 10.8. The molecule has 2 N–H and O–H groups in total. The van der Waals surface area contributed by atoms with Crippen molar-refractivity contribution in [1.82, 2.24) is 5.32 Å². The lowest BCUT2D eigenvalue weighted by Gasteiger charge is -2.19. The molecule has 16 heavy (non-hydrogen) atoms. The van der Waals surface area contributed by atoms with Crippen LogP contribution in [0.25, 0.3) is 0 Å². The molecule has 0 unspecified atom stereocenters. The first-order chi connectivity index (χ1) is 7.68. The number of hydrogen-bond acceptors (Lipinski definition) is 2. The molecule has 0 bridgehead atoms. The summed E-state index contributed by atoms with van der Waals surface area (Å²) >= 11 is 6.12. The molecule has 0 spiro atoms. The minimum atomic E-state index is -0.745. The normalized spacial score (nSPS) is 24.6. The van der Waals surface area contributed by atoms with Crippen molar-refractivity contribution >= 4 is 17.6 Å². The van der Waals surface area contributed by atoms with Crippen LogP contribution in [0.15, 0.2) is 24.3 Å². The Hall–Kier alpha value is -1.06. The average molecular weight is 240 g/mol. The third-order valence-corrected chi connectivity index (χ3v) is 3.37. The van der Waals surface area contributed by atoms with Crippen molar-refractivity contribution in [2.75, 3.05) is 6.54 Å². The molecule has 1 aromatic rings. The van der Waals surface area contributed by atoms with E-state index in [1.165, 1.54) is 0 Å². The van der Waals surface area contributed by atoms with Crippen LogP contribution in [0.4, 0.5) is 0 Å². The minimum absolute atomic E-state index is 0.0739. The molecule has 0 amide bonds. The maximum Gasteiger partial charge on any atom is 0.303 e. The Bertz CT molecular complexity index is 394. The Morgan fingerprint density at radius 2 is 2.25 bits per heavy atom. The summed E-state index contributed by atoms with van der Waals surface area (Å²) in [5, 5.41) is 12.9. The minimum Gasteiger partial charge on any atom is -0.481 e. The van der Waals surface area contributed by atoms with Gasteiger partial charge in [0.05, 0.1) is 6.42 Å². The summed E-state index contributed by atoms with van der Waals surface area (Å²) in [6, 6.07) is 7.69. The summed E-state index contributed by atoms with van der Waals surface area (Å²) in [4.78, 5) is 10.8. The summed E-state index contributed by atoms with van der Waals surface area (Å²) in [5.74, 6) is -0.608. The number of rotatable bonds is 3. The average Bonchev–Trinajstić information content (AvgIpc) is 2.66. The Morgan fingerprint density at radius 3 is 2.94 bits per heavy atom. The van der Waals surface area contributed by atoms with Crippen LogP contribution in [0.2, 0.25) is 5.02 Å². The third-order valence-electron chi connectivity index (χ3n) is 3.03. The molecular formula is C12H14ClNO2. The second-order valence-electron chi connectivity index (χ2n) is 4.10. The summed E-state index contributed by atoms with van der Waals surface area (Å²) in [6.45, 7) is 0.855. The van der Waals surface area contributed by atoms with Gasteiger partial charge >= 0.3 is 5.97 Å². The van der Waals surface area contributed by atoms with E-state index in [9.17, 15) is 4.79 Å². The van der Waals surface area contributed by atoms with E-state index in [1.807, 2.05) is 24.3 Å². The van der Waals surface area contributed by atoms with Gasteiger partial charge in [0, 0.05) is 11.1 Å². The van der Waals surface area contributed by atoms with Gasteiger partial charge in [-0.25, -0.2) is 0 Å². The predicted octanol–water partition coefficient (Wildman–Crippen LogP) is 2.47. The number of halogens is 1. The van der Waals surface area contributed by atoms with Crippen molar-refractivity contribution in [3.63, 3.8) is 0 Å². The van der Waals surface area contributed by atoms with Crippen LogP contribution in [0.3, 0.4) is 0 Å². The molecule has 0 radical (unpaired) electrons. The molecule has 1 aliphatic heterocycles. The highest BCUT2D eigenvalue weighted by Gasteiger charge is 2.30. The van der Waals surface area contributed by atoms with Crippen LogP contribution >= 0.6 is 11.6 Å². The second kappa shape index (κ2) is 4.85. The first kappa shape index (κ1) is 11.4. The molecule has 1 saturated heterocycles. The molecule has 2 atom stereocenters. The molecular weight excluding hydrogens is 226 g/mol. The number of carbonyl (C=O) groups is 1. The van der Waals surface area contributed by atoms with Crippen molar-refractivity contribution in [1.29, 1.82) is 0 Å². The summed E-state index contributed by atoms with van der Waals surface area (Å²) in [7, 11) is 0. The second-order valence-corrected chi connectivity index (χ2v) is 4.51. The van der Waals surface area contributed by atoms with Gasteiger partial charge in [0.15, 0.2) is 0 Å². The number of nitrogens with one attached hydrogen (secondary N) is 1. The molecule has 4 heteroatoms. The fraction of sp³-hybridized carbons (Fsp3) is 0.417. The highest BCUT2D eigenvalue weighted by atomic mass is 35.5. The number of aliphatic carboxylic acids is 1. The molecule has 1 heterocycles. The maximum atomic E-state index is 10.8. The topological polar surface area (TPSA) is 49.3 Å². The van der Waals surface area contributed by atoms with E-state index in [0.29, 0.717) is 5.02 Å². The predicted molar refractivity (Wildman–Crippen MR) is 62.6 cm³/mol. The van der Waals surface area contributed by atoms with E-state index < -0.39 is 5.97 Å². The van der Waals surface area contributed by atoms with E-state index in [1.54, 1.807) is 0 Å². The first-order valence-electron chi connectivity index (χ1n) is 5.38. The number of carboxylic acid groups (broad SMARTS) is 1. The molecule has 1 aromatic carbocycles. The van der Waals surface area contributed by atoms with Crippen LogP contribution < -0.4 is 5.32 Å². The van der Waals surface area contributed by atoms with Crippen LogP contribution in [-0.4, -0.2) is 17.6 Å². The SMILES string of the molecule is O=C(O)C[C@H]1CCN[C@@H]1c1ccccc1Cl. The highest BCUT2D eigenvalue weighted by molar-refractivity contribution is 6.31. The Kier molecular flexibility index (Phi) is 3.46. The van der Waals surface area contributed by atoms with Gasteiger partial charge in [0.1, 0.15) is 0 Å². The monoisotopic (exact) mass is 239 g/mol. The van der Waals surface area contributed by atoms with Gasteiger partial charge in [-0.2, -0.15) is 0 Å². The zero-order valence-corrected chi connectivity index (χ0v) is 9.57. The van der Waals surface area contributed by atoms with Crippen LogP contribution in [-0.2, 0) is 4.79 Å². The smallest absolute Gasteiger partial charge is 0.303 e. The molecule has 0 aliphatic carbocycles. The number of carboxylic acids is 1.